The highest BCUT2D eigenvalue weighted by atomic mass is 16.6. The highest BCUT2D eigenvalue weighted by Crippen LogP contribution is 2.16. The molecule has 0 aromatic carbocycles. The molecule has 1 heterocycles. The van der Waals surface area contributed by atoms with Gasteiger partial charge >= 0.3 is 6.09 Å². The van der Waals surface area contributed by atoms with E-state index in [1.807, 2.05) is 20.8 Å². The molecule has 0 spiro atoms. The Morgan fingerprint density at radius 1 is 1.23 bits per heavy atom. The molecule has 0 aliphatic carbocycles. The predicted molar refractivity (Wildman–Crippen MR) is 91.2 cm³/mol. The van der Waals surface area contributed by atoms with Crippen molar-refractivity contribution in [1.29, 1.82) is 0 Å². The van der Waals surface area contributed by atoms with Crippen LogP contribution in [0.2, 0.25) is 0 Å². The number of alkyl carbamates (subject to hydrolysis) is 1. The average Bonchev–Trinajstić information content (AvgIpc) is 2.45. The maximum absolute atomic E-state index is 12.1. The number of hydrogen-bond donors (Lipinski definition) is 3. The van der Waals surface area contributed by atoms with Gasteiger partial charge < -0.3 is 20.7 Å². The Labute approximate surface area is 135 Å². The number of nitrogens with one attached hydrogen (secondary N) is 3. The maximum Gasteiger partial charge on any atom is 0.408 e. The maximum atomic E-state index is 12.1. The van der Waals surface area contributed by atoms with Gasteiger partial charge in [0.2, 0.25) is 0 Å². The van der Waals surface area contributed by atoms with Crippen molar-refractivity contribution in [3.63, 3.8) is 0 Å². The third kappa shape index (κ3) is 6.97. The van der Waals surface area contributed by atoms with E-state index in [2.05, 4.69) is 29.8 Å². The van der Waals surface area contributed by atoms with Crippen LogP contribution >= 0.6 is 0 Å². The molecule has 1 amide bonds. The van der Waals surface area contributed by atoms with Gasteiger partial charge in [-0.1, -0.05) is 20.3 Å². The Hall–Kier alpha value is -0.810. The van der Waals surface area contributed by atoms with Crippen molar-refractivity contribution in [2.24, 2.45) is 0 Å². The Morgan fingerprint density at radius 3 is 2.41 bits per heavy atom. The summed E-state index contributed by atoms with van der Waals surface area (Å²) in [6.07, 6.45) is 5.26. The Morgan fingerprint density at radius 2 is 1.91 bits per heavy atom. The van der Waals surface area contributed by atoms with Crippen molar-refractivity contribution < 1.29 is 9.53 Å². The van der Waals surface area contributed by atoms with E-state index in [1.165, 1.54) is 19.3 Å². The van der Waals surface area contributed by atoms with Gasteiger partial charge in [0, 0.05) is 19.1 Å². The zero-order valence-electron chi connectivity index (χ0n) is 15.1. The van der Waals surface area contributed by atoms with E-state index in [-0.39, 0.29) is 11.6 Å². The second-order valence-corrected chi connectivity index (χ2v) is 7.39. The first-order chi connectivity index (χ1) is 10.3. The largest absolute Gasteiger partial charge is 0.444 e. The quantitative estimate of drug-likeness (QED) is 0.676. The second kappa shape index (κ2) is 8.73. The SMILES string of the molecule is CCC(CC)(CNCC1CCCCN1)NC(=O)OC(C)(C)C. The molecule has 1 rings (SSSR count). The van der Waals surface area contributed by atoms with Gasteiger partial charge in [-0.3, -0.25) is 0 Å². The molecule has 1 aliphatic rings. The fraction of sp³-hybridized carbons (Fsp3) is 0.941. The third-order valence-corrected chi connectivity index (χ3v) is 4.39. The monoisotopic (exact) mass is 313 g/mol. The van der Waals surface area contributed by atoms with Gasteiger partial charge in [0.15, 0.2) is 0 Å². The van der Waals surface area contributed by atoms with Gasteiger partial charge in [-0.15, -0.1) is 0 Å². The Bertz CT molecular complexity index is 329. The fourth-order valence-corrected chi connectivity index (χ4v) is 2.82. The van der Waals surface area contributed by atoms with E-state index in [0.717, 1.165) is 32.5 Å². The smallest absolute Gasteiger partial charge is 0.408 e. The molecular weight excluding hydrogens is 278 g/mol. The minimum Gasteiger partial charge on any atom is -0.444 e. The van der Waals surface area contributed by atoms with Gasteiger partial charge in [-0.2, -0.15) is 0 Å². The summed E-state index contributed by atoms with van der Waals surface area (Å²) in [4.78, 5) is 12.1. The topological polar surface area (TPSA) is 62.4 Å². The predicted octanol–water partition coefficient (Wildman–Crippen LogP) is 2.80. The van der Waals surface area contributed by atoms with Gasteiger partial charge in [-0.25, -0.2) is 4.79 Å². The summed E-state index contributed by atoms with van der Waals surface area (Å²) in [6.45, 7) is 12.7. The summed E-state index contributed by atoms with van der Waals surface area (Å²) in [5.41, 5.74) is -0.701. The normalized spacial score (nSPS) is 19.8. The van der Waals surface area contributed by atoms with Crippen LogP contribution in [0.5, 0.6) is 0 Å². The first kappa shape index (κ1) is 19.2. The number of amides is 1. The van der Waals surface area contributed by atoms with E-state index in [1.54, 1.807) is 0 Å². The lowest BCUT2D eigenvalue weighted by Gasteiger charge is -2.35. The van der Waals surface area contributed by atoms with Crippen LogP contribution < -0.4 is 16.0 Å². The molecule has 1 saturated heterocycles. The van der Waals surface area contributed by atoms with E-state index >= 15 is 0 Å². The summed E-state index contributed by atoms with van der Waals surface area (Å²) in [7, 11) is 0. The lowest BCUT2D eigenvalue weighted by atomic mass is 9.92. The van der Waals surface area contributed by atoms with Crippen molar-refractivity contribution in [2.75, 3.05) is 19.6 Å². The number of rotatable bonds is 7. The van der Waals surface area contributed by atoms with Gasteiger partial charge in [0.25, 0.3) is 0 Å². The van der Waals surface area contributed by atoms with Crippen molar-refractivity contribution in [2.45, 2.75) is 83.9 Å². The van der Waals surface area contributed by atoms with Crippen molar-refractivity contribution in [3.05, 3.63) is 0 Å². The van der Waals surface area contributed by atoms with Gasteiger partial charge in [0.05, 0.1) is 5.54 Å². The zero-order valence-corrected chi connectivity index (χ0v) is 15.1. The first-order valence-electron chi connectivity index (χ1n) is 8.75. The number of piperidine rings is 1. The molecule has 0 aromatic heterocycles. The molecule has 0 saturated carbocycles. The third-order valence-electron chi connectivity index (χ3n) is 4.39. The molecule has 0 bridgehead atoms. The second-order valence-electron chi connectivity index (χ2n) is 7.39. The minimum atomic E-state index is -0.462. The highest BCUT2D eigenvalue weighted by Gasteiger charge is 2.30. The van der Waals surface area contributed by atoms with E-state index in [0.29, 0.717) is 6.04 Å². The number of hydrogen-bond acceptors (Lipinski definition) is 4. The summed E-state index contributed by atoms with van der Waals surface area (Å²) in [6, 6.07) is 0.557. The highest BCUT2D eigenvalue weighted by molar-refractivity contribution is 5.68. The fourth-order valence-electron chi connectivity index (χ4n) is 2.82. The van der Waals surface area contributed by atoms with Crippen LogP contribution in [-0.4, -0.2) is 42.9 Å². The van der Waals surface area contributed by atoms with Crippen LogP contribution in [0.15, 0.2) is 0 Å². The molecule has 5 nitrogen and oxygen atoms in total. The van der Waals surface area contributed by atoms with Crippen molar-refractivity contribution in [1.82, 2.24) is 16.0 Å². The summed E-state index contributed by atoms with van der Waals surface area (Å²) in [5.74, 6) is 0. The lowest BCUT2D eigenvalue weighted by Crippen LogP contribution is -2.56. The summed E-state index contributed by atoms with van der Waals surface area (Å²) < 4.78 is 5.40. The molecule has 0 radical (unpaired) electrons. The average molecular weight is 313 g/mol. The van der Waals surface area contributed by atoms with E-state index < -0.39 is 5.60 Å². The summed E-state index contributed by atoms with van der Waals surface area (Å²) >= 11 is 0. The van der Waals surface area contributed by atoms with Crippen LogP contribution in [0, 0.1) is 0 Å². The zero-order chi connectivity index (χ0) is 16.6. The van der Waals surface area contributed by atoms with Crippen LogP contribution in [0.25, 0.3) is 0 Å². The molecule has 1 unspecified atom stereocenters. The van der Waals surface area contributed by atoms with Crippen LogP contribution in [0.1, 0.15) is 66.7 Å². The molecular formula is C17H35N3O2. The summed E-state index contributed by atoms with van der Waals surface area (Å²) in [5, 5.41) is 10.2. The van der Waals surface area contributed by atoms with E-state index in [9.17, 15) is 4.79 Å². The van der Waals surface area contributed by atoms with Crippen molar-refractivity contribution >= 4 is 6.09 Å². The van der Waals surface area contributed by atoms with E-state index in [4.69, 9.17) is 4.74 Å². The first-order valence-corrected chi connectivity index (χ1v) is 8.75. The molecule has 130 valence electrons. The Balaban J connectivity index is 2.45. The molecule has 0 aromatic rings. The molecule has 1 fully saturated rings. The van der Waals surface area contributed by atoms with Crippen LogP contribution in [0.4, 0.5) is 4.79 Å². The van der Waals surface area contributed by atoms with Crippen molar-refractivity contribution in [3.8, 4) is 0 Å². The number of carbonyl (C=O) groups excluding carboxylic acids is 1. The number of carbonyl (C=O) groups is 1. The van der Waals surface area contributed by atoms with Crippen LogP contribution in [0.3, 0.4) is 0 Å². The number of ether oxygens (including phenoxy) is 1. The molecule has 1 aliphatic heterocycles. The lowest BCUT2D eigenvalue weighted by molar-refractivity contribution is 0.0445. The molecule has 5 heteroatoms. The van der Waals surface area contributed by atoms with Crippen LogP contribution in [-0.2, 0) is 4.74 Å². The molecule has 1 atom stereocenters. The molecule has 22 heavy (non-hydrogen) atoms. The minimum absolute atomic E-state index is 0.239. The molecule has 3 N–H and O–H groups in total. The van der Waals surface area contributed by atoms with Gasteiger partial charge in [-0.05, 0) is 53.0 Å². The van der Waals surface area contributed by atoms with Gasteiger partial charge in [0.1, 0.15) is 5.60 Å². The Kier molecular flexibility index (Phi) is 7.63. The standard InChI is InChI=1S/C17H35N3O2/c1-6-17(7-2,20-15(21)22-16(3,4)5)13-18-12-14-10-8-9-11-19-14/h14,18-19H,6-13H2,1-5H3,(H,20,21).